The van der Waals surface area contributed by atoms with Gasteiger partial charge in [-0.1, -0.05) is 19.1 Å². The molecule has 0 aliphatic carbocycles. The molecule has 6 nitrogen and oxygen atoms in total. The van der Waals surface area contributed by atoms with Gasteiger partial charge in [-0.3, -0.25) is 14.3 Å². The fraction of sp³-hybridized carbons (Fsp3) is 0.455. The molecule has 0 spiro atoms. The minimum atomic E-state index is -0.236. The Labute approximate surface area is 110 Å². The molecule has 2 heterocycles. The van der Waals surface area contributed by atoms with Gasteiger partial charge in [-0.25, -0.2) is 4.90 Å². The maximum Gasteiger partial charge on any atom is 0.235 e. The normalized spacial score (nSPS) is 17.3. The van der Waals surface area contributed by atoms with Crippen LogP contribution in [0.4, 0.5) is 5.82 Å². The molecule has 2 N–H and O–H groups in total. The predicted molar refractivity (Wildman–Crippen MR) is 70.0 cm³/mol. The maximum absolute atomic E-state index is 12.0. The number of thiocarbonyl (C=S) groups is 1. The van der Waals surface area contributed by atoms with Crippen LogP contribution in [0.15, 0.2) is 6.20 Å². The second-order valence-electron chi connectivity index (χ2n) is 4.51. The summed E-state index contributed by atoms with van der Waals surface area (Å²) in [6, 6.07) is 0. The summed E-state index contributed by atoms with van der Waals surface area (Å²) in [6.07, 6.45) is 2.15. The number of carbonyl (C=O) groups excluding carboxylic acids is 2. The molecule has 2 rings (SSSR count). The van der Waals surface area contributed by atoms with E-state index in [0.717, 1.165) is 4.90 Å². The van der Waals surface area contributed by atoms with Gasteiger partial charge in [0, 0.05) is 19.9 Å². The van der Waals surface area contributed by atoms with Crippen molar-refractivity contribution in [1.29, 1.82) is 0 Å². The maximum atomic E-state index is 12.0. The van der Waals surface area contributed by atoms with E-state index in [2.05, 4.69) is 5.10 Å². The van der Waals surface area contributed by atoms with Gasteiger partial charge < -0.3 is 5.73 Å². The summed E-state index contributed by atoms with van der Waals surface area (Å²) in [6.45, 7) is 1.88. The highest BCUT2D eigenvalue weighted by Gasteiger charge is 2.35. The van der Waals surface area contributed by atoms with Crippen LogP contribution >= 0.6 is 12.2 Å². The second kappa shape index (κ2) is 4.49. The fourth-order valence-electron chi connectivity index (χ4n) is 2.10. The number of amides is 2. The highest BCUT2D eigenvalue weighted by atomic mass is 32.1. The third-order valence-corrected chi connectivity index (χ3v) is 3.15. The molecule has 0 aromatic carbocycles. The summed E-state index contributed by atoms with van der Waals surface area (Å²) in [4.78, 5) is 25.3. The zero-order valence-corrected chi connectivity index (χ0v) is 11.0. The molecule has 1 aliphatic rings. The molecule has 2 amide bonds. The monoisotopic (exact) mass is 266 g/mol. The molecule has 0 atom stereocenters. The fourth-order valence-corrected chi connectivity index (χ4v) is 2.24. The van der Waals surface area contributed by atoms with Crippen molar-refractivity contribution in [2.75, 3.05) is 4.90 Å². The lowest BCUT2D eigenvalue weighted by Crippen LogP contribution is -2.44. The summed E-state index contributed by atoms with van der Waals surface area (Å²) in [5.41, 5.74) is 6.03. The van der Waals surface area contributed by atoms with E-state index in [4.69, 9.17) is 18.0 Å². The zero-order valence-electron chi connectivity index (χ0n) is 10.2. The number of nitrogens with two attached hydrogens (primary N) is 1. The summed E-state index contributed by atoms with van der Waals surface area (Å²) < 4.78 is 1.44. The molecule has 0 bridgehead atoms. The third-order valence-electron chi connectivity index (χ3n) is 2.93. The number of aromatic nitrogens is 2. The van der Waals surface area contributed by atoms with Crippen LogP contribution in [0.5, 0.6) is 0 Å². The van der Waals surface area contributed by atoms with Gasteiger partial charge in [0.2, 0.25) is 11.8 Å². The molecular formula is C11H14N4O2S. The van der Waals surface area contributed by atoms with Crippen molar-refractivity contribution in [2.24, 2.45) is 18.7 Å². The number of imide groups is 1. The van der Waals surface area contributed by atoms with Crippen LogP contribution in [0.1, 0.15) is 25.3 Å². The van der Waals surface area contributed by atoms with Crippen molar-refractivity contribution >= 4 is 34.8 Å². The Morgan fingerprint density at radius 1 is 1.44 bits per heavy atom. The van der Waals surface area contributed by atoms with Crippen molar-refractivity contribution < 1.29 is 9.59 Å². The number of aryl methyl sites for hydroxylation is 1. The average Bonchev–Trinajstić information content (AvgIpc) is 2.59. The van der Waals surface area contributed by atoms with Gasteiger partial charge >= 0.3 is 0 Å². The van der Waals surface area contributed by atoms with Crippen LogP contribution in [0.2, 0.25) is 0 Å². The van der Waals surface area contributed by atoms with Crippen LogP contribution in [0, 0.1) is 5.92 Å². The first-order valence-electron chi connectivity index (χ1n) is 5.59. The first-order chi connectivity index (χ1) is 8.41. The Kier molecular flexibility index (Phi) is 3.16. The standard InChI is InChI=1S/C11H14N4O2S/c1-6-3-8(16)15(9(17)4-6)11-7(10(12)18)5-13-14(11)2/h5-6H,3-4H2,1-2H3,(H2,12,18). The van der Waals surface area contributed by atoms with Crippen LogP contribution < -0.4 is 10.6 Å². The van der Waals surface area contributed by atoms with Gasteiger partial charge in [0.1, 0.15) is 4.99 Å². The minimum Gasteiger partial charge on any atom is -0.389 e. The van der Waals surface area contributed by atoms with Gasteiger partial charge in [-0.2, -0.15) is 5.10 Å². The average molecular weight is 266 g/mol. The van der Waals surface area contributed by atoms with E-state index >= 15 is 0 Å². The molecular weight excluding hydrogens is 252 g/mol. The molecule has 0 unspecified atom stereocenters. The lowest BCUT2D eigenvalue weighted by molar-refractivity contribution is -0.130. The lowest BCUT2D eigenvalue weighted by atomic mass is 9.97. The number of rotatable bonds is 2. The number of carbonyl (C=O) groups is 2. The minimum absolute atomic E-state index is 0.0720. The van der Waals surface area contributed by atoms with Gasteiger partial charge in [0.15, 0.2) is 5.82 Å². The van der Waals surface area contributed by atoms with Gasteiger partial charge in [0.05, 0.1) is 11.8 Å². The smallest absolute Gasteiger partial charge is 0.235 e. The molecule has 0 radical (unpaired) electrons. The molecule has 1 fully saturated rings. The lowest BCUT2D eigenvalue weighted by Gasteiger charge is -2.28. The first kappa shape index (κ1) is 12.7. The Hall–Kier alpha value is -1.76. The van der Waals surface area contributed by atoms with Crippen LogP contribution in [-0.4, -0.2) is 26.6 Å². The number of piperidine rings is 1. The second-order valence-corrected chi connectivity index (χ2v) is 4.95. The first-order valence-corrected chi connectivity index (χ1v) is 6.00. The van der Waals surface area contributed by atoms with Gasteiger partial charge in [0.25, 0.3) is 0 Å². The third kappa shape index (κ3) is 2.01. The number of hydrogen-bond acceptors (Lipinski definition) is 4. The summed E-state index contributed by atoms with van der Waals surface area (Å²) in [5, 5.41) is 4.00. The highest BCUT2D eigenvalue weighted by molar-refractivity contribution is 7.80. The van der Waals surface area contributed by atoms with E-state index < -0.39 is 0 Å². The van der Waals surface area contributed by atoms with E-state index in [1.165, 1.54) is 10.9 Å². The van der Waals surface area contributed by atoms with E-state index in [9.17, 15) is 9.59 Å². The van der Waals surface area contributed by atoms with E-state index in [1.54, 1.807) is 7.05 Å². The molecule has 1 aromatic rings. The summed E-state index contributed by atoms with van der Waals surface area (Å²) >= 11 is 4.91. The molecule has 7 heteroatoms. The van der Waals surface area contributed by atoms with Crippen LogP contribution in [0.25, 0.3) is 0 Å². The summed E-state index contributed by atoms with van der Waals surface area (Å²) in [5.74, 6) is -0.0353. The SMILES string of the molecule is CC1CC(=O)N(c2c(C(N)=S)cnn2C)C(=O)C1. The summed E-state index contributed by atoms with van der Waals surface area (Å²) in [7, 11) is 1.65. The molecule has 1 aromatic heterocycles. The van der Waals surface area contributed by atoms with Crippen molar-refractivity contribution in [1.82, 2.24) is 9.78 Å². The Balaban J connectivity index is 2.48. The van der Waals surface area contributed by atoms with Crippen molar-refractivity contribution in [3.63, 3.8) is 0 Å². The van der Waals surface area contributed by atoms with Gasteiger partial charge in [-0.05, 0) is 5.92 Å². The quantitative estimate of drug-likeness (QED) is 0.617. The topological polar surface area (TPSA) is 81.2 Å². The molecule has 1 aliphatic heterocycles. The molecule has 0 saturated carbocycles. The molecule has 1 saturated heterocycles. The largest absolute Gasteiger partial charge is 0.389 e. The van der Waals surface area contributed by atoms with Crippen molar-refractivity contribution in [2.45, 2.75) is 19.8 Å². The van der Waals surface area contributed by atoms with Crippen molar-refractivity contribution in [3.05, 3.63) is 11.8 Å². The Morgan fingerprint density at radius 2 is 2.00 bits per heavy atom. The molecule has 18 heavy (non-hydrogen) atoms. The number of anilines is 1. The van der Waals surface area contributed by atoms with Crippen molar-refractivity contribution in [3.8, 4) is 0 Å². The Morgan fingerprint density at radius 3 is 2.50 bits per heavy atom. The number of nitrogens with zero attached hydrogens (tertiary/aromatic N) is 3. The molecule has 96 valence electrons. The highest BCUT2D eigenvalue weighted by Crippen LogP contribution is 2.27. The predicted octanol–water partition coefficient (Wildman–Crippen LogP) is 0.344. The van der Waals surface area contributed by atoms with Crippen LogP contribution in [-0.2, 0) is 16.6 Å². The Bertz CT molecular complexity index is 519. The number of hydrogen-bond donors (Lipinski definition) is 1. The van der Waals surface area contributed by atoms with Crippen LogP contribution in [0.3, 0.4) is 0 Å². The van der Waals surface area contributed by atoms with E-state index in [-0.39, 0.29) is 22.7 Å². The van der Waals surface area contributed by atoms with E-state index in [0.29, 0.717) is 24.2 Å². The van der Waals surface area contributed by atoms with Gasteiger partial charge in [-0.15, -0.1) is 0 Å². The van der Waals surface area contributed by atoms with E-state index in [1.807, 2.05) is 6.92 Å². The zero-order chi connectivity index (χ0) is 13.4.